The van der Waals surface area contributed by atoms with Gasteiger partial charge in [0.15, 0.2) is 0 Å². The van der Waals surface area contributed by atoms with Gasteiger partial charge in [-0.25, -0.2) is 27.7 Å². The van der Waals surface area contributed by atoms with E-state index in [1.54, 1.807) is 57.0 Å². The minimum Gasteiger partial charge on any atom is -0.477 e. The van der Waals surface area contributed by atoms with E-state index in [0.717, 1.165) is 17.7 Å². The molecule has 10 nitrogen and oxygen atoms in total. The molecular formula is C34H45F3N4O6. The molecule has 0 radical (unpaired) electrons. The minimum absolute atomic E-state index is 0.130. The average Bonchev–Trinajstić information content (AvgIpc) is 3.37. The van der Waals surface area contributed by atoms with Crippen LogP contribution in [0, 0.1) is 11.7 Å². The number of rotatable bonds is 9. The Morgan fingerprint density at radius 3 is 2.26 bits per heavy atom. The van der Waals surface area contributed by atoms with E-state index in [-0.39, 0.29) is 30.2 Å². The van der Waals surface area contributed by atoms with Gasteiger partial charge in [-0.15, -0.1) is 0 Å². The molecule has 0 bridgehead atoms. The van der Waals surface area contributed by atoms with Crippen molar-refractivity contribution in [1.29, 1.82) is 0 Å². The van der Waals surface area contributed by atoms with Crippen LogP contribution in [-0.2, 0) is 14.3 Å². The number of hydrogen-bond acceptors (Lipinski definition) is 7. The zero-order valence-electron chi connectivity index (χ0n) is 27.9. The van der Waals surface area contributed by atoms with Gasteiger partial charge < -0.3 is 29.3 Å². The maximum Gasteiger partial charge on any atom is 0.410 e. The summed E-state index contributed by atoms with van der Waals surface area (Å²) in [6.07, 6.45) is 1.31. The van der Waals surface area contributed by atoms with Crippen LogP contribution in [0.15, 0.2) is 36.5 Å². The van der Waals surface area contributed by atoms with E-state index in [0.29, 0.717) is 36.7 Å². The molecule has 3 heterocycles. The van der Waals surface area contributed by atoms with Crippen molar-refractivity contribution in [3.63, 3.8) is 0 Å². The molecule has 0 saturated carbocycles. The van der Waals surface area contributed by atoms with Crippen molar-refractivity contribution in [2.45, 2.75) is 90.4 Å². The Hall–Kier alpha value is -4.03. The lowest BCUT2D eigenvalue weighted by molar-refractivity contribution is -0.134. The summed E-state index contributed by atoms with van der Waals surface area (Å²) in [6.45, 7) is 10.9. The fourth-order valence-corrected chi connectivity index (χ4v) is 5.61. The molecule has 2 aliphatic heterocycles. The zero-order chi connectivity index (χ0) is 34.5. The number of aromatic nitrogens is 1. The topological polar surface area (TPSA) is 110 Å². The third-order valence-corrected chi connectivity index (χ3v) is 8.16. The van der Waals surface area contributed by atoms with Crippen LogP contribution < -0.4 is 10.1 Å². The quantitative estimate of drug-likeness (QED) is 0.332. The number of amides is 3. The highest BCUT2D eigenvalue weighted by molar-refractivity contribution is 5.87. The number of carbonyl (C=O) groups excluding carboxylic acids is 3. The largest absolute Gasteiger partial charge is 0.477 e. The first-order chi connectivity index (χ1) is 22.0. The van der Waals surface area contributed by atoms with Gasteiger partial charge >= 0.3 is 12.2 Å². The highest BCUT2D eigenvalue weighted by Gasteiger charge is 2.44. The van der Waals surface area contributed by atoms with Crippen LogP contribution in [0.1, 0.15) is 72.3 Å². The number of benzene rings is 1. The van der Waals surface area contributed by atoms with Crippen LogP contribution in [0.2, 0.25) is 0 Å². The number of alkyl carbamates (subject to hydrolysis) is 1. The van der Waals surface area contributed by atoms with Gasteiger partial charge in [-0.05, 0) is 76.6 Å². The molecule has 47 heavy (non-hydrogen) atoms. The normalized spacial score (nSPS) is 18.1. The van der Waals surface area contributed by atoms with Gasteiger partial charge in [-0.3, -0.25) is 4.79 Å². The van der Waals surface area contributed by atoms with Crippen molar-refractivity contribution in [3.8, 4) is 17.0 Å². The van der Waals surface area contributed by atoms with E-state index in [2.05, 4.69) is 10.3 Å². The molecule has 3 amide bonds. The Morgan fingerprint density at radius 2 is 1.70 bits per heavy atom. The number of carbonyl (C=O) groups is 3. The number of piperidine rings is 1. The van der Waals surface area contributed by atoms with Crippen LogP contribution >= 0.6 is 0 Å². The molecule has 0 spiro atoms. The molecule has 2 fully saturated rings. The summed E-state index contributed by atoms with van der Waals surface area (Å²) in [7, 11) is 0. The summed E-state index contributed by atoms with van der Waals surface area (Å²) in [5, 5.41) is 2.49. The molecule has 0 unspecified atom stereocenters. The molecule has 2 aliphatic rings. The third kappa shape index (κ3) is 9.98. The Bertz CT molecular complexity index is 1410. The van der Waals surface area contributed by atoms with E-state index in [1.807, 2.05) is 13.8 Å². The first kappa shape index (κ1) is 35.8. The van der Waals surface area contributed by atoms with Crippen molar-refractivity contribution >= 4 is 18.1 Å². The molecule has 2 atom stereocenters. The van der Waals surface area contributed by atoms with Gasteiger partial charge in [-0.1, -0.05) is 19.1 Å². The average molecular weight is 663 g/mol. The SMILES string of the molecule is CC(C)OC(=O)N1CCC(COc2ccc(-c3ccc([C@H](C)[C@H](NC(=O)OC(C)(C)C)C(=O)N4CCC(F)(F)C4)c(F)c3)cn2)CC1. The maximum absolute atomic E-state index is 15.6. The monoisotopic (exact) mass is 662 g/mol. The third-order valence-electron chi connectivity index (χ3n) is 8.16. The van der Waals surface area contributed by atoms with Gasteiger partial charge in [0.05, 0.1) is 19.3 Å². The molecule has 1 aromatic heterocycles. The second-order valence-corrected chi connectivity index (χ2v) is 13.6. The standard InChI is InChI=1S/C34H45F3N4O6/c1-21(2)46-32(44)40-14-11-23(12-15-40)19-45-28-10-8-25(18-38-28)24-7-9-26(27(35)17-24)22(3)29(39-31(43)47-33(4,5)6)30(42)41-16-13-34(36,37)20-41/h7-10,17-18,21-23,29H,11-16,19-20H2,1-6H3,(H,39,43)/t22-,29-/m0/s1. The maximum atomic E-state index is 15.6. The van der Waals surface area contributed by atoms with E-state index in [9.17, 15) is 23.2 Å². The summed E-state index contributed by atoms with van der Waals surface area (Å²) in [4.78, 5) is 45.2. The van der Waals surface area contributed by atoms with Crippen LogP contribution in [0.3, 0.4) is 0 Å². The van der Waals surface area contributed by atoms with Crippen molar-refractivity contribution in [2.24, 2.45) is 5.92 Å². The van der Waals surface area contributed by atoms with Crippen LogP contribution in [0.4, 0.5) is 22.8 Å². The van der Waals surface area contributed by atoms with E-state index in [4.69, 9.17) is 14.2 Å². The first-order valence-corrected chi connectivity index (χ1v) is 16.0. The van der Waals surface area contributed by atoms with Crippen molar-refractivity contribution in [3.05, 3.63) is 47.9 Å². The van der Waals surface area contributed by atoms with E-state index >= 15 is 4.39 Å². The number of alkyl halides is 2. The molecule has 0 aliphatic carbocycles. The molecule has 1 N–H and O–H groups in total. The Balaban J connectivity index is 1.39. The number of pyridine rings is 1. The predicted molar refractivity (Wildman–Crippen MR) is 169 cm³/mol. The number of halogens is 3. The molecule has 1 aromatic carbocycles. The number of ether oxygens (including phenoxy) is 3. The lowest BCUT2D eigenvalue weighted by Gasteiger charge is -2.31. The molecule has 4 rings (SSSR count). The summed E-state index contributed by atoms with van der Waals surface area (Å²) in [5.41, 5.74) is 0.419. The summed E-state index contributed by atoms with van der Waals surface area (Å²) in [6, 6.07) is 6.61. The number of nitrogens with one attached hydrogen (secondary N) is 1. The minimum atomic E-state index is -3.03. The van der Waals surface area contributed by atoms with Gasteiger partial charge in [0, 0.05) is 49.8 Å². The second kappa shape index (κ2) is 14.8. The highest BCUT2D eigenvalue weighted by atomic mass is 19.3. The fourth-order valence-electron chi connectivity index (χ4n) is 5.61. The van der Waals surface area contributed by atoms with Crippen molar-refractivity contribution in [2.75, 3.05) is 32.8 Å². The lowest BCUT2D eigenvalue weighted by atomic mass is 9.90. The smallest absolute Gasteiger partial charge is 0.410 e. The summed E-state index contributed by atoms with van der Waals surface area (Å²) in [5.74, 6) is -4.61. The zero-order valence-corrected chi connectivity index (χ0v) is 27.9. The van der Waals surface area contributed by atoms with E-state index in [1.165, 1.54) is 12.1 Å². The van der Waals surface area contributed by atoms with Crippen molar-refractivity contribution in [1.82, 2.24) is 20.1 Å². The Morgan fingerprint density at radius 1 is 1.02 bits per heavy atom. The summed E-state index contributed by atoms with van der Waals surface area (Å²) < 4.78 is 59.9. The van der Waals surface area contributed by atoms with Gasteiger partial charge in [-0.2, -0.15) is 0 Å². The van der Waals surface area contributed by atoms with E-state index < -0.39 is 54.3 Å². The Labute approximate surface area is 273 Å². The molecule has 2 saturated heterocycles. The van der Waals surface area contributed by atoms with Crippen molar-refractivity contribution < 1.29 is 41.8 Å². The van der Waals surface area contributed by atoms with Gasteiger partial charge in [0.2, 0.25) is 11.8 Å². The van der Waals surface area contributed by atoms with Crippen LogP contribution in [0.25, 0.3) is 11.1 Å². The van der Waals surface area contributed by atoms with Crippen LogP contribution in [0.5, 0.6) is 5.88 Å². The predicted octanol–water partition coefficient (Wildman–Crippen LogP) is 6.39. The number of likely N-dealkylation sites (tertiary alicyclic amines) is 2. The number of nitrogens with zero attached hydrogens (tertiary/aromatic N) is 3. The molecule has 2 aromatic rings. The Kier molecular flexibility index (Phi) is 11.3. The highest BCUT2D eigenvalue weighted by Crippen LogP contribution is 2.32. The second-order valence-electron chi connectivity index (χ2n) is 13.6. The number of hydrogen-bond donors (Lipinski definition) is 1. The lowest BCUT2D eigenvalue weighted by Crippen LogP contribution is -2.52. The molecule has 258 valence electrons. The first-order valence-electron chi connectivity index (χ1n) is 16.0. The van der Waals surface area contributed by atoms with Crippen LogP contribution in [-0.4, -0.2) is 89.3 Å². The molecule has 13 heteroatoms. The summed E-state index contributed by atoms with van der Waals surface area (Å²) >= 11 is 0. The fraction of sp³-hybridized carbons (Fsp3) is 0.588. The molecular weight excluding hydrogens is 617 g/mol. The van der Waals surface area contributed by atoms with Gasteiger partial charge in [0.25, 0.3) is 5.92 Å². The van der Waals surface area contributed by atoms with Gasteiger partial charge in [0.1, 0.15) is 17.5 Å².